The highest BCUT2D eigenvalue weighted by atomic mass is 16.5. The van der Waals surface area contributed by atoms with Crippen LogP contribution in [-0.4, -0.2) is 48.2 Å². The number of hydrogen-bond donors (Lipinski definition) is 0. The van der Waals surface area contributed by atoms with Crippen LogP contribution >= 0.6 is 0 Å². The average Bonchev–Trinajstić information content (AvgIpc) is 3.11. The van der Waals surface area contributed by atoms with Crippen LogP contribution in [-0.2, 0) is 5.54 Å². The van der Waals surface area contributed by atoms with Gasteiger partial charge in [0.25, 0.3) is 5.91 Å². The summed E-state index contributed by atoms with van der Waals surface area (Å²) in [5.74, 6) is 0.988. The molecule has 2 heterocycles. The normalized spacial score (nSPS) is 18.1. The second-order valence-electron chi connectivity index (χ2n) is 7.94. The van der Waals surface area contributed by atoms with Crippen molar-refractivity contribution in [3.05, 3.63) is 48.3 Å². The Morgan fingerprint density at radius 1 is 1.15 bits per heavy atom. The highest BCUT2D eigenvalue weighted by Gasteiger charge is 2.30. The van der Waals surface area contributed by atoms with E-state index in [4.69, 9.17) is 4.74 Å². The maximum absolute atomic E-state index is 13.0. The van der Waals surface area contributed by atoms with E-state index in [2.05, 4.69) is 43.2 Å². The summed E-state index contributed by atoms with van der Waals surface area (Å²) in [4.78, 5) is 17.3. The minimum Gasteiger partial charge on any atom is -0.495 e. The molecule has 1 aliphatic heterocycles. The minimum atomic E-state index is -0.0211. The monoisotopic (exact) mass is 355 g/mol. The zero-order valence-electron chi connectivity index (χ0n) is 16.4. The molecule has 1 aromatic carbocycles. The number of ether oxygens (including phenoxy) is 1. The summed E-state index contributed by atoms with van der Waals surface area (Å²) < 4.78 is 7.58. The molecule has 1 amide bonds. The Morgan fingerprint density at radius 3 is 2.50 bits per heavy atom. The number of carbonyl (C=O) groups is 1. The Balaban J connectivity index is 1.73. The number of rotatable bonds is 3. The van der Waals surface area contributed by atoms with E-state index >= 15 is 0 Å². The first kappa shape index (κ1) is 18.4. The average molecular weight is 355 g/mol. The van der Waals surface area contributed by atoms with Crippen molar-refractivity contribution in [2.45, 2.75) is 39.3 Å². The highest BCUT2D eigenvalue weighted by Crippen LogP contribution is 2.30. The third-order valence-electron chi connectivity index (χ3n) is 5.03. The Labute approximate surface area is 156 Å². The molecule has 0 radical (unpaired) electrons. The number of anilines is 1. The van der Waals surface area contributed by atoms with E-state index in [9.17, 15) is 4.79 Å². The molecule has 1 aliphatic rings. The molecule has 0 aliphatic carbocycles. The van der Waals surface area contributed by atoms with Gasteiger partial charge in [0.1, 0.15) is 5.75 Å². The third-order valence-corrected chi connectivity index (χ3v) is 5.03. The predicted octanol–water partition coefficient (Wildman–Crippen LogP) is 3.60. The molecule has 5 heteroatoms. The van der Waals surface area contributed by atoms with Crippen LogP contribution in [0.2, 0.25) is 0 Å². The van der Waals surface area contributed by atoms with Crippen molar-refractivity contribution in [3.63, 3.8) is 0 Å². The van der Waals surface area contributed by atoms with Crippen LogP contribution < -0.4 is 9.64 Å². The standard InChI is InChI=1S/C21H29N3O2/c1-16-14-22(18-8-6-7-9-19(18)26-5)12-13-24(16)20(25)17-10-11-23(15-17)21(2,3)4/h6-11,15-16H,12-14H2,1-5H3/t16-/m1/s1. The van der Waals surface area contributed by atoms with Crippen LogP contribution in [0.1, 0.15) is 38.1 Å². The largest absolute Gasteiger partial charge is 0.495 e. The Bertz CT molecular complexity index is 776. The summed E-state index contributed by atoms with van der Waals surface area (Å²) in [5, 5.41) is 0. The number of benzene rings is 1. The van der Waals surface area contributed by atoms with Gasteiger partial charge in [-0.1, -0.05) is 12.1 Å². The molecule has 1 atom stereocenters. The molecular weight excluding hydrogens is 326 g/mol. The lowest BCUT2D eigenvalue weighted by Crippen LogP contribution is -2.54. The fraction of sp³-hybridized carbons (Fsp3) is 0.476. The topological polar surface area (TPSA) is 37.7 Å². The van der Waals surface area contributed by atoms with E-state index in [-0.39, 0.29) is 17.5 Å². The van der Waals surface area contributed by atoms with Gasteiger partial charge < -0.3 is 19.1 Å². The van der Waals surface area contributed by atoms with Crippen molar-refractivity contribution in [3.8, 4) is 5.75 Å². The first-order chi connectivity index (χ1) is 12.3. The summed E-state index contributed by atoms with van der Waals surface area (Å²) in [7, 11) is 1.70. The molecule has 1 fully saturated rings. The fourth-order valence-electron chi connectivity index (χ4n) is 3.48. The molecule has 2 aromatic rings. The Kier molecular flexibility index (Phi) is 4.99. The number of aromatic nitrogens is 1. The number of nitrogens with zero attached hydrogens (tertiary/aromatic N) is 3. The van der Waals surface area contributed by atoms with Crippen LogP contribution in [0.25, 0.3) is 0 Å². The maximum atomic E-state index is 13.0. The van der Waals surface area contributed by atoms with Crippen molar-refractivity contribution in [1.82, 2.24) is 9.47 Å². The highest BCUT2D eigenvalue weighted by molar-refractivity contribution is 5.94. The Hall–Kier alpha value is -2.43. The van der Waals surface area contributed by atoms with Crippen molar-refractivity contribution in [2.75, 3.05) is 31.6 Å². The molecule has 1 aromatic heterocycles. The summed E-state index contributed by atoms with van der Waals surface area (Å²) in [6.07, 6.45) is 3.95. The van der Waals surface area contributed by atoms with Gasteiger partial charge in [0.2, 0.25) is 0 Å². The third kappa shape index (κ3) is 3.57. The number of para-hydroxylation sites is 2. The van der Waals surface area contributed by atoms with E-state index in [0.717, 1.165) is 30.1 Å². The molecular formula is C21H29N3O2. The van der Waals surface area contributed by atoms with E-state index in [1.54, 1.807) is 7.11 Å². The van der Waals surface area contributed by atoms with Crippen LogP contribution in [0.4, 0.5) is 5.69 Å². The number of amides is 1. The van der Waals surface area contributed by atoms with Gasteiger partial charge >= 0.3 is 0 Å². The zero-order valence-corrected chi connectivity index (χ0v) is 16.4. The van der Waals surface area contributed by atoms with Gasteiger partial charge in [-0.3, -0.25) is 4.79 Å². The van der Waals surface area contributed by atoms with Crippen molar-refractivity contribution in [1.29, 1.82) is 0 Å². The molecule has 3 rings (SSSR count). The molecule has 0 bridgehead atoms. The van der Waals surface area contributed by atoms with Crippen molar-refractivity contribution >= 4 is 11.6 Å². The summed E-state index contributed by atoms with van der Waals surface area (Å²) in [6, 6.07) is 10.1. The molecule has 0 spiro atoms. The molecule has 0 N–H and O–H groups in total. The summed E-state index contributed by atoms with van der Waals surface area (Å²) >= 11 is 0. The molecule has 1 saturated heterocycles. The first-order valence-corrected chi connectivity index (χ1v) is 9.18. The van der Waals surface area contributed by atoms with Gasteiger partial charge in [0.05, 0.1) is 18.4 Å². The lowest BCUT2D eigenvalue weighted by molar-refractivity contribution is 0.0674. The molecule has 0 saturated carbocycles. The van der Waals surface area contributed by atoms with E-state index in [0.29, 0.717) is 6.54 Å². The van der Waals surface area contributed by atoms with Gasteiger partial charge in [-0.05, 0) is 45.9 Å². The van der Waals surface area contributed by atoms with Gasteiger partial charge in [0.15, 0.2) is 0 Å². The fourth-order valence-corrected chi connectivity index (χ4v) is 3.48. The molecule has 26 heavy (non-hydrogen) atoms. The number of methoxy groups -OCH3 is 1. The molecule has 5 nitrogen and oxygen atoms in total. The predicted molar refractivity (Wildman–Crippen MR) is 105 cm³/mol. The van der Waals surface area contributed by atoms with E-state index in [1.165, 1.54) is 0 Å². The zero-order chi connectivity index (χ0) is 18.9. The number of hydrogen-bond acceptors (Lipinski definition) is 3. The lowest BCUT2D eigenvalue weighted by atomic mass is 10.1. The lowest BCUT2D eigenvalue weighted by Gasteiger charge is -2.41. The van der Waals surface area contributed by atoms with Gasteiger partial charge in [-0.25, -0.2) is 0 Å². The van der Waals surface area contributed by atoms with Gasteiger partial charge in [0, 0.05) is 43.6 Å². The molecule has 0 unspecified atom stereocenters. The number of piperazine rings is 1. The smallest absolute Gasteiger partial charge is 0.255 e. The van der Waals surface area contributed by atoms with E-state index in [1.807, 2.05) is 41.6 Å². The summed E-state index contributed by atoms with van der Waals surface area (Å²) in [5.41, 5.74) is 1.83. The first-order valence-electron chi connectivity index (χ1n) is 9.18. The SMILES string of the molecule is COc1ccccc1N1CCN(C(=O)c2ccn(C(C)(C)C)c2)[C@H](C)C1. The van der Waals surface area contributed by atoms with Crippen molar-refractivity contribution in [2.24, 2.45) is 0 Å². The number of carbonyl (C=O) groups excluding carboxylic acids is 1. The second-order valence-corrected chi connectivity index (χ2v) is 7.94. The van der Waals surface area contributed by atoms with Crippen molar-refractivity contribution < 1.29 is 9.53 Å². The second kappa shape index (κ2) is 7.06. The van der Waals surface area contributed by atoms with Gasteiger partial charge in [-0.15, -0.1) is 0 Å². The summed E-state index contributed by atoms with van der Waals surface area (Å²) in [6.45, 7) is 10.8. The maximum Gasteiger partial charge on any atom is 0.255 e. The molecule has 140 valence electrons. The van der Waals surface area contributed by atoms with Crippen LogP contribution in [0.3, 0.4) is 0 Å². The van der Waals surface area contributed by atoms with Gasteiger partial charge in [-0.2, -0.15) is 0 Å². The van der Waals surface area contributed by atoms with E-state index < -0.39 is 0 Å². The Morgan fingerprint density at radius 2 is 1.88 bits per heavy atom. The quantitative estimate of drug-likeness (QED) is 0.844. The minimum absolute atomic E-state index is 0.0211. The van der Waals surface area contributed by atoms with Crippen LogP contribution in [0, 0.1) is 0 Å². The van der Waals surface area contributed by atoms with Crippen LogP contribution in [0.15, 0.2) is 42.7 Å². The van der Waals surface area contributed by atoms with Crippen LogP contribution in [0.5, 0.6) is 5.75 Å².